The molecule has 0 spiro atoms. The Balaban J connectivity index is 1.82. The van der Waals surface area contributed by atoms with E-state index in [1.807, 2.05) is 50.5 Å². The first-order valence-corrected chi connectivity index (χ1v) is 12.6. The number of nitrogens with zero attached hydrogens (tertiary/aromatic N) is 3. The lowest BCUT2D eigenvalue weighted by molar-refractivity contribution is -0.116. The molecular weight excluding hydrogens is 440 g/mol. The van der Waals surface area contributed by atoms with Crippen LogP contribution in [0.5, 0.6) is 5.75 Å². The first-order chi connectivity index (χ1) is 15.7. The molecule has 8 nitrogen and oxygen atoms in total. The molecule has 0 saturated carbocycles. The van der Waals surface area contributed by atoms with Crippen LogP contribution in [0, 0.1) is 6.92 Å². The topological polar surface area (TPSA) is 93.5 Å². The van der Waals surface area contributed by atoms with Gasteiger partial charge in [0.25, 0.3) is 0 Å². The maximum absolute atomic E-state index is 12.9. The van der Waals surface area contributed by atoms with E-state index >= 15 is 0 Å². The van der Waals surface area contributed by atoms with E-state index in [0.29, 0.717) is 43.0 Å². The quantitative estimate of drug-likeness (QED) is 0.482. The van der Waals surface area contributed by atoms with E-state index in [0.717, 1.165) is 16.9 Å². The largest absolute Gasteiger partial charge is 0.495 e. The van der Waals surface area contributed by atoms with Gasteiger partial charge in [-0.25, -0.2) is 13.4 Å². The highest BCUT2D eigenvalue weighted by Crippen LogP contribution is 2.26. The minimum Gasteiger partial charge on any atom is -0.495 e. The van der Waals surface area contributed by atoms with Crippen LogP contribution in [0.1, 0.15) is 38.6 Å². The van der Waals surface area contributed by atoms with Crippen molar-refractivity contribution in [2.75, 3.05) is 25.5 Å². The van der Waals surface area contributed by atoms with Crippen molar-refractivity contribution < 1.29 is 17.9 Å². The fourth-order valence-electron chi connectivity index (χ4n) is 3.93. The Morgan fingerprint density at radius 1 is 1.12 bits per heavy atom. The van der Waals surface area contributed by atoms with Gasteiger partial charge in [-0.05, 0) is 49.7 Å². The van der Waals surface area contributed by atoms with Gasteiger partial charge < -0.3 is 14.6 Å². The number of anilines is 1. The Bertz CT molecular complexity index is 1250. The summed E-state index contributed by atoms with van der Waals surface area (Å²) in [5.74, 6) is 1.21. The van der Waals surface area contributed by atoms with Gasteiger partial charge in [-0.1, -0.05) is 19.9 Å². The summed E-state index contributed by atoms with van der Waals surface area (Å²) in [7, 11) is -2.00. The number of amides is 1. The van der Waals surface area contributed by atoms with Crippen molar-refractivity contribution in [1.82, 2.24) is 13.9 Å². The molecule has 1 amide bonds. The van der Waals surface area contributed by atoms with Crippen LogP contribution in [0.4, 0.5) is 5.69 Å². The Labute approximate surface area is 195 Å². The molecule has 1 N–H and O–H groups in total. The van der Waals surface area contributed by atoms with Crippen molar-refractivity contribution in [3.05, 3.63) is 47.8 Å². The second kappa shape index (κ2) is 10.4. The lowest BCUT2D eigenvalue weighted by Gasteiger charge is -2.18. The van der Waals surface area contributed by atoms with Crippen LogP contribution in [0.25, 0.3) is 11.0 Å². The Kier molecular flexibility index (Phi) is 7.76. The van der Waals surface area contributed by atoms with Gasteiger partial charge >= 0.3 is 0 Å². The number of aromatic nitrogens is 2. The van der Waals surface area contributed by atoms with Gasteiger partial charge in [0.2, 0.25) is 15.9 Å². The molecular formula is C24H32N4O4S. The van der Waals surface area contributed by atoms with Crippen molar-refractivity contribution in [2.24, 2.45) is 0 Å². The van der Waals surface area contributed by atoms with Crippen LogP contribution in [0.3, 0.4) is 0 Å². The minimum atomic E-state index is -3.57. The van der Waals surface area contributed by atoms with Crippen molar-refractivity contribution in [3.8, 4) is 5.75 Å². The van der Waals surface area contributed by atoms with E-state index in [2.05, 4.69) is 10.3 Å². The average Bonchev–Trinajstić information content (AvgIpc) is 3.15. The summed E-state index contributed by atoms with van der Waals surface area (Å²) in [6.45, 7) is 9.08. The van der Waals surface area contributed by atoms with Crippen molar-refractivity contribution in [2.45, 2.75) is 52.0 Å². The first-order valence-electron chi connectivity index (χ1n) is 11.2. The van der Waals surface area contributed by atoms with E-state index in [-0.39, 0.29) is 17.2 Å². The standard InChI is InChI=1S/C24H32N4O4S/c1-6-27(7-2)33(30,31)18-10-11-21-19(16-18)25-23(28(21)8-3)13-14-24(29)26-20-15-17(4)9-12-22(20)32-5/h9-12,15-16H,6-8,13-14H2,1-5H3,(H,26,29). The Hall–Kier alpha value is -2.91. The second-order valence-corrected chi connectivity index (χ2v) is 9.70. The maximum atomic E-state index is 12.9. The molecule has 0 atom stereocenters. The number of aryl methyl sites for hydroxylation is 3. The highest BCUT2D eigenvalue weighted by Gasteiger charge is 2.23. The lowest BCUT2D eigenvalue weighted by Crippen LogP contribution is -2.30. The molecule has 0 fully saturated rings. The molecule has 0 unspecified atom stereocenters. The highest BCUT2D eigenvalue weighted by molar-refractivity contribution is 7.89. The molecule has 0 aliphatic rings. The van der Waals surface area contributed by atoms with Gasteiger partial charge in [0.1, 0.15) is 11.6 Å². The average molecular weight is 473 g/mol. The normalized spacial score (nSPS) is 11.8. The number of hydrogen-bond acceptors (Lipinski definition) is 5. The summed E-state index contributed by atoms with van der Waals surface area (Å²) in [6, 6.07) is 10.7. The Morgan fingerprint density at radius 3 is 2.48 bits per heavy atom. The number of fused-ring (bicyclic) bond motifs is 1. The van der Waals surface area contributed by atoms with Crippen molar-refractivity contribution in [1.29, 1.82) is 0 Å². The number of nitrogens with one attached hydrogen (secondary N) is 1. The molecule has 0 saturated heterocycles. The summed E-state index contributed by atoms with van der Waals surface area (Å²) in [6.07, 6.45) is 0.672. The van der Waals surface area contributed by atoms with E-state index in [1.165, 1.54) is 4.31 Å². The van der Waals surface area contributed by atoms with E-state index < -0.39 is 10.0 Å². The van der Waals surface area contributed by atoms with Crippen LogP contribution in [-0.2, 0) is 27.8 Å². The van der Waals surface area contributed by atoms with Crippen LogP contribution in [0.2, 0.25) is 0 Å². The third-order valence-corrected chi connectivity index (χ3v) is 7.71. The molecule has 2 aromatic carbocycles. The van der Waals surface area contributed by atoms with Gasteiger partial charge in [-0.2, -0.15) is 4.31 Å². The number of rotatable bonds is 10. The fraction of sp³-hybridized carbons (Fsp3) is 0.417. The van der Waals surface area contributed by atoms with Crippen molar-refractivity contribution in [3.63, 3.8) is 0 Å². The van der Waals surface area contributed by atoms with Gasteiger partial charge in [0.15, 0.2) is 0 Å². The minimum absolute atomic E-state index is 0.140. The van der Waals surface area contributed by atoms with Crippen LogP contribution < -0.4 is 10.1 Å². The predicted octanol–water partition coefficient (Wildman–Crippen LogP) is 3.98. The monoisotopic (exact) mass is 472 g/mol. The van der Waals surface area contributed by atoms with E-state index in [4.69, 9.17) is 4.74 Å². The molecule has 9 heteroatoms. The predicted molar refractivity (Wildman–Crippen MR) is 130 cm³/mol. The van der Waals surface area contributed by atoms with Crippen molar-refractivity contribution >= 4 is 32.7 Å². The number of methoxy groups -OCH3 is 1. The molecule has 3 aromatic rings. The zero-order valence-corrected chi connectivity index (χ0v) is 20.7. The Morgan fingerprint density at radius 2 is 1.85 bits per heavy atom. The number of imidazole rings is 1. The number of hydrogen-bond donors (Lipinski definition) is 1. The third kappa shape index (κ3) is 5.20. The number of carbonyl (C=O) groups is 1. The maximum Gasteiger partial charge on any atom is 0.243 e. The SMILES string of the molecule is CCN(CC)S(=O)(=O)c1ccc2c(c1)nc(CCC(=O)Nc1cc(C)ccc1OC)n2CC. The zero-order chi connectivity index (χ0) is 24.2. The molecule has 1 heterocycles. The van der Waals surface area contributed by atoms with E-state index in [9.17, 15) is 13.2 Å². The first kappa shape index (κ1) is 24.7. The summed E-state index contributed by atoms with van der Waals surface area (Å²) >= 11 is 0. The molecule has 1 aromatic heterocycles. The van der Waals surface area contributed by atoms with Crippen LogP contribution in [-0.4, -0.2) is 48.4 Å². The van der Waals surface area contributed by atoms with E-state index in [1.54, 1.807) is 25.3 Å². The second-order valence-electron chi connectivity index (χ2n) is 7.76. The third-order valence-electron chi connectivity index (χ3n) is 5.66. The molecule has 0 bridgehead atoms. The van der Waals surface area contributed by atoms with Gasteiger partial charge in [0, 0.05) is 32.5 Å². The number of benzene rings is 2. The summed E-state index contributed by atoms with van der Waals surface area (Å²) < 4.78 is 34.6. The molecule has 178 valence electrons. The number of sulfonamides is 1. The summed E-state index contributed by atoms with van der Waals surface area (Å²) in [4.78, 5) is 17.5. The zero-order valence-electron chi connectivity index (χ0n) is 19.9. The number of carbonyl (C=O) groups excluding carboxylic acids is 1. The van der Waals surface area contributed by atoms with Crippen LogP contribution >= 0.6 is 0 Å². The number of ether oxygens (including phenoxy) is 1. The molecule has 33 heavy (non-hydrogen) atoms. The summed E-state index contributed by atoms with van der Waals surface area (Å²) in [5, 5.41) is 2.91. The molecule has 0 radical (unpaired) electrons. The molecule has 0 aliphatic carbocycles. The highest BCUT2D eigenvalue weighted by atomic mass is 32.2. The molecule has 3 rings (SSSR count). The van der Waals surface area contributed by atoms with Gasteiger partial charge in [-0.15, -0.1) is 0 Å². The summed E-state index contributed by atoms with van der Waals surface area (Å²) in [5.41, 5.74) is 3.12. The molecule has 0 aliphatic heterocycles. The smallest absolute Gasteiger partial charge is 0.243 e. The fourth-order valence-corrected chi connectivity index (χ4v) is 5.41. The lowest BCUT2D eigenvalue weighted by atomic mass is 10.2. The van der Waals surface area contributed by atoms with Crippen LogP contribution in [0.15, 0.2) is 41.3 Å². The van der Waals surface area contributed by atoms with Gasteiger partial charge in [-0.3, -0.25) is 4.79 Å². The van der Waals surface area contributed by atoms with Gasteiger partial charge in [0.05, 0.1) is 28.7 Å².